The van der Waals surface area contributed by atoms with Crippen LogP contribution in [-0.4, -0.2) is 15.5 Å². The van der Waals surface area contributed by atoms with Crippen LogP contribution in [0, 0.1) is 0 Å². The first-order valence-corrected chi connectivity index (χ1v) is 11.9. The molecule has 2 aliphatic rings. The summed E-state index contributed by atoms with van der Waals surface area (Å²) in [7, 11) is 0. The normalized spacial score (nSPS) is 17.9. The van der Waals surface area contributed by atoms with Gasteiger partial charge >= 0.3 is 6.03 Å². The van der Waals surface area contributed by atoms with Crippen molar-refractivity contribution in [2.24, 2.45) is 0 Å². The summed E-state index contributed by atoms with van der Waals surface area (Å²) >= 11 is 5.48. The molecule has 150 valence electrons. The molecule has 0 unspecified atom stereocenters. The molecule has 6 heteroatoms. The minimum Gasteiger partial charge on any atom is -0.312 e. The minimum atomic E-state index is -0.0416. The molecule has 0 spiro atoms. The third kappa shape index (κ3) is 3.22. The number of para-hydroxylation sites is 1. The smallest absolute Gasteiger partial charge is 0.312 e. The summed E-state index contributed by atoms with van der Waals surface area (Å²) in [5.74, 6) is 0. The molecule has 3 aromatic rings. The van der Waals surface area contributed by atoms with Crippen LogP contribution >= 0.6 is 27.3 Å². The van der Waals surface area contributed by atoms with E-state index in [1.807, 2.05) is 40.5 Å². The quantitative estimate of drug-likeness (QED) is 0.446. The number of aromatic nitrogens is 1. The van der Waals surface area contributed by atoms with E-state index >= 15 is 0 Å². The van der Waals surface area contributed by atoms with Crippen LogP contribution in [-0.2, 0) is 19.4 Å². The van der Waals surface area contributed by atoms with Gasteiger partial charge in [-0.25, -0.2) is 4.79 Å². The monoisotopic (exact) mass is 469 g/mol. The molecule has 1 aliphatic heterocycles. The summed E-state index contributed by atoms with van der Waals surface area (Å²) in [6.07, 6.45) is 7.86. The summed E-state index contributed by atoms with van der Waals surface area (Å²) in [4.78, 5) is 17.0. The third-order valence-electron chi connectivity index (χ3n) is 6.07. The van der Waals surface area contributed by atoms with Crippen molar-refractivity contribution in [2.45, 2.75) is 51.6 Å². The van der Waals surface area contributed by atoms with Crippen LogP contribution in [0.4, 0.5) is 10.5 Å². The Labute approximate surface area is 183 Å². The fourth-order valence-electron chi connectivity index (χ4n) is 4.66. The maximum Gasteiger partial charge on any atom is 0.322 e. The lowest BCUT2D eigenvalue weighted by atomic mass is 9.95. The van der Waals surface area contributed by atoms with E-state index < -0.39 is 0 Å². The van der Waals surface area contributed by atoms with Gasteiger partial charge in [0.2, 0.25) is 0 Å². The molecule has 5 rings (SSSR count). The van der Waals surface area contributed by atoms with Crippen molar-refractivity contribution in [1.82, 2.24) is 9.47 Å². The second-order valence-corrected chi connectivity index (χ2v) is 9.70. The molecule has 0 bridgehead atoms. The van der Waals surface area contributed by atoms with E-state index in [2.05, 4.69) is 51.1 Å². The lowest BCUT2D eigenvalue weighted by molar-refractivity contribution is 0.181. The third-order valence-corrected chi connectivity index (χ3v) is 8.09. The fraction of sp³-hybridized carbons (Fsp3) is 0.348. The number of rotatable bonds is 2. The number of halogens is 1. The predicted octanol–water partition coefficient (Wildman–Crippen LogP) is 6.68. The zero-order valence-electron chi connectivity index (χ0n) is 16.5. The zero-order valence-corrected chi connectivity index (χ0v) is 18.9. The number of carbonyl (C=O) groups is 1. The number of amides is 2. The van der Waals surface area contributed by atoms with Gasteiger partial charge in [-0.05, 0) is 77.9 Å². The van der Waals surface area contributed by atoms with E-state index in [0.29, 0.717) is 6.54 Å². The van der Waals surface area contributed by atoms with Gasteiger partial charge in [0, 0.05) is 26.8 Å². The van der Waals surface area contributed by atoms with E-state index in [4.69, 9.17) is 0 Å². The van der Waals surface area contributed by atoms with Crippen molar-refractivity contribution < 1.29 is 4.79 Å². The Balaban J connectivity index is 1.58. The molecular formula is C23H24BrN3OS. The molecule has 0 fully saturated rings. The highest BCUT2D eigenvalue weighted by Crippen LogP contribution is 2.43. The first-order valence-electron chi connectivity index (χ1n) is 10.3. The molecule has 29 heavy (non-hydrogen) atoms. The molecule has 1 atom stereocenters. The van der Waals surface area contributed by atoms with Crippen LogP contribution in [0.15, 0.2) is 47.1 Å². The maximum absolute atomic E-state index is 13.5. The number of benzene rings is 1. The van der Waals surface area contributed by atoms with Crippen LogP contribution in [0.5, 0.6) is 0 Å². The molecule has 1 aliphatic carbocycles. The fourth-order valence-corrected chi connectivity index (χ4v) is 6.45. The average Bonchev–Trinajstić information content (AvgIpc) is 3.32. The number of nitrogens with zero attached hydrogens (tertiary/aromatic N) is 2. The van der Waals surface area contributed by atoms with Crippen molar-refractivity contribution in [1.29, 1.82) is 0 Å². The lowest BCUT2D eigenvalue weighted by Gasteiger charge is -2.30. The molecule has 1 N–H and O–H groups in total. The Morgan fingerprint density at radius 2 is 2.00 bits per heavy atom. The summed E-state index contributed by atoms with van der Waals surface area (Å²) in [6, 6.07) is 12.1. The number of carbonyl (C=O) groups excluding carboxylic acids is 1. The average molecular weight is 470 g/mol. The lowest BCUT2D eigenvalue weighted by Crippen LogP contribution is -2.37. The Morgan fingerprint density at radius 3 is 2.83 bits per heavy atom. The Kier molecular flexibility index (Phi) is 5.00. The molecule has 0 saturated heterocycles. The number of thiophene rings is 1. The number of anilines is 1. The molecule has 2 aromatic heterocycles. The van der Waals surface area contributed by atoms with E-state index in [9.17, 15) is 4.79 Å². The second kappa shape index (κ2) is 7.65. The van der Waals surface area contributed by atoms with Crippen LogP contribution in [0.1, 0.15) is 53.9 Å². The van der Waals surface area contributed by atoms with Crippen molar-refractivity contribution in [3.8, 4) is 5.00 Å². The van der Waals surface area contributed by atoms with Gasteiger partial charge in [-0.2, -0.15) is 0 Å². The van der Waals surface area contributed by atoms with E-state index in [1.165, 1.54) is 46.0 Å². The molecule has 0 saturated carbocycles. The van der Waals surface area contributed by atoms with Crippen LogP contribution in [0.3, 0.4) is 0 Å². The van der Waals surface area contributed by atoms with Crippen LogP contribution in [0.2, 0.25) is 0 Å². The van der Waals surface area contributed by atoms with Gasteiger partial charge in [0.05, 0.1) is 18.3 Å². The Hall–Kier alpha value is -2.05. The number of aryl methyl sites for hydroxylation is 1. The summed E-state index contributed by atoms with van der Waals surface area (Å²) in [5, 5.41) is 4.44. The van der Waals surface area contributed by atoms with Gasteiger partial charge < -0.3 is 14.8 Å². The largest absolute Gasteiger partial charge is 0.322 e. The maximum atomic E-state index is 13.5. The first-order chi connectivity index (χ1) is 14.2. The zero-order chi connectivity index (χ0) is 20.0. The van der Waals surface area contributed by atoms with E-state index in [0.717, 1.165) is 23.0 Å². The molecule has 2 amide bonds. The van der Waals surface area contributed by atoms with Gasteiger partial charge in [-0.15, -0.1) is 11.3 Å². The van der Waals surface area contributed by atoms with E-state index in [1.54, 1.807) is 0 Å². The van der Waals surface area contributed by atoms with Gasteiger partial charge in [0.1, 0.15) is 5.00 Å². The second-order valence-electron chi connectivity index (χ2n) is 7.76. The highest BCUT2D eigenvalue weighted by Gasteiger charge is 2.34. The number of urea groups is 1. The highest BCUT2D eigenvalue weighted by atomic mass is 79.9. The van der Waals surface area contributed by atoms with Crippen LogP contribution < -0.4 is 5.32 Å². The SMILES string of the molecule is CC[C@@H]1c2cccn2-c2sc3c(c2CN1C(=O)Nc1ccccc1Br)CCCC3. The first kappa shape index (κ1) is 18.9. The van der Waals surface area contributed by atoms with Crippen molar-refractivity contribution >= 4 is 39.0 Å². The Bertz CT molecular complexity index is 1070. The van der Waals surface area contributed by atoms with E-state index in [-0.39, 0.29) is 12.1 Å². The number of hydrogen-bond donors (Lipinski definition) is 1. The minimum absolute atomic E-state index is 0.0416. The highest BCUT2D eigenvalue weighted by molar-refractivity contribution is 9.10. The number of hydrogen-bond acceptors (Lipinski definition) is 2. The number of fused-ring (bicyclic) bond motifs is 5. The van der Waals surface area contributed by atoms with Gasteiger partial charge in [-0.1, -0.05) is 19.1 Å². The number of nitrogens with one attached hydrogen (secondary N) is 1. The van der Waals surface area contributed by atoms with Crippen molar-refractivity contribution in [3.63, 3.8) is 0 Å². The van der Waals surface area contributed by atoms with Gasteiger partial charge in [-0.3, -0.25) is 0 Å². The van der Waals surface area contributed by atoms with Crippen LogP contribution in [0.25, 0.3) is 5.00 Å². The molecule has 0 radical (unpaired) electrons. The molecular weight excluding hydrogens is 446 g/mol. The van der Waals surface area contributed by atoms with Gasteiger partial charge in [0.15, 0.2) is 0 Å². The predicted molar refractivity (Wildman–Crippen MR) is 122 cm³/mol. The molecule has 1 aromatic carbocycles. The van der Waals surface area contributed by atoms with Crippen molar-refractivity contribution in [3.05, 3.63) is 68.8 Å². The Morgan fingerprint density at radius 1 is 1.17 bits per heavy atom. The summed E-state index contributed by atoms with van der Waals surface area (Å²) in [6.45, 7) is 2.83. The molecule has 3 heterocycles. The summed E-state index contributed by atoms with van der Waals surface area (Å²) < 4.78 is 3.23. The molecule has 4 nitrogen and oxygen atoms in total. The van der Waals surface area contributed by atoms with Gasteiger partial charge in [0.25, 0.3) is 0 Å². The summed E-state index contributed by atoms with van der Waals surface area (Å²) in [5.41, 5.74) is 4.85. The van der Waals surface area contributed by atoms with Crippen molar-refractivity contribution in [2.75, 3.05) is 5.32 Å². The standard InChI is InChI=1S/C23H24BrN3OS/c1-2-19-20-11-7-13-26(20)22-16(15-8-3-6-12-21(15)29-22)14-27(19)23(28)25-18-10-5-4-9-17(18)24/h4-5,7,9-11,13,19H,2-3,6,8,12,14H2,1H3,(H,25,28)/t19-/m1/s1. The topological polar surface area (TPSA) is 37.3 Å².